The molecule has 1 saturated carbocycles. The van der Waals surface area contributed by atoms with E-state index >= 15 is 0 Å². The van der Waals surface area contributed by atoms with E-state index in [1.807, 2.05) is 6.92 Å². The molecule has 106 valence electrons. The molecule has 2 unspecified atom stereocenters. The molecule has 2 atom stereocenters. The van der Waals surface area contributed by atoms with Gasteiger partial charge in [0.2, 0.25) is 0 Å². The molecule has 1 rings (SSSR count). The molecule has 0 aromatic carbocycles. The fraction of sp³-hybridized carbons (Fsp3) is 0.875. The molecule has 18 heavy (non-hydrogen) atoms. The maximum Gasteiger partial charge on any atom is 0.155 e. The molecule has 0 saturated heterocycles. The molecule has 1 aliphatic rings. The van der Waals surface area contributed by atoms with Crippen molar-refractivity contribution in [1.82, 2.24) is 0 Å². The van der Waals surface area contributed by atoms with Crippen molar-refractivity contribution in [3.63, 3.8) is 0 Å². The van der Waals surface area contributed by atoms with Crippen LogP contribution >= 0.6 is 0 Å². The van der Waals surface area contributed by atoms with Gasteiger partial charge in [0.1, 0.15) is 0 Å². The van der Waals surface area contributed by atoms with Crippen LogP contribution in [0.2, 0.25) is 0 Å². The molecule has 0 bridgehead atoms. The Bertz CT molecular complexity index is 245. The van der Waals surface area contributed by atoms with Crippen LogP contribution < -0.4 is 0 Å². The van der Waals surface area contributed by atoms with Gasteiger partial charge in [-0.1, -0.05) is 38.8 Å². The van der Waals surface area contributed by atoms with Crippen molar-refractivity contribution in [3.05, 3.63) is 11.6 Å². The molecular formula is C16H30O2. The number of ether oxygens (including phenoxy) is 2. The van der Waals surface area contributed by atoms with Crippen LogP contribution in [0.1, 0.15) is 66.2 Å². The van der Waals surface area contributed by atoms with Gasteiger partial charge < -0.3 is 9.47 Å². The summed E-state index contributed by atoms with van der Waals surface area (Å²) in [6.07, 6.45) is 9.79. The average molecular weight is 254 g/mol. The monoisotopic (exact) mass is 254 g/mol. The standard InChI is InChI=1S/C16H30O2/c1-5-6-10-17-14(4)18-16-9-7-8-15(12-16)11-13(2)3/h11,13-14,16H,5-10,12H2,1-4H3/b15-11-. The van der Waals surface area contributed by atoms with E-state index < -0.39 is 0 Å². The second-order valence-corrected chi connectivity index (χ2v) is 5.72. The summed E-state index contributed by atoms with van der Waals surface area (Å²) in [6.45, 7) is 9.51. The van der Waals surface area contributed by atoms with Crippen LogP contribution in [0.3, 0.4) is 0 Å². The highest BCUT2D eigenvalue weighted by molar-refractivity contribution is 5.07. The third kappa shape index (κ3) is 6.55. The summed E-state index contributed by atoms with van der Waals surface area (Å²) >= 11 is 0. The zero-order chi connectivity index (χ0) is 13.4. The number of allylic oxidation sites excluding steroid dienone is 1. The lowest BCUT2D eigenvalue weighted by Crippen LogP contribution is -2.25. The van der Waals surface area contributed by atoms with E-state index in [4.69, 9.17) is 9.47 Å². The van der Waals surface area contributed by atoms with E-state index in [2.05, 4.69) is 26.8 Å². The van der Waals surface area contributed by atoms with Crippen molar-refractivity contribution in [1.29, 1.82) is 0 Å². The van der Waals surface area contributed by atoms with Gasteiger partial charge in [-0.3, -0.25) is 0 Å². The Labute approximate surface area is 113 Å². The van der Waals surface area contributed by atoms with Gasteiger partial charge in [-0.05, 0) is 44.9 Å². The smallest absolute Gasteiger partial charge is 0.155 e. The van der Waals surface area contributed by atoms with Crippen LogP contribution in [0.25, 0.3) is 0 Å². The topological polar surface area (TPSA) is 18.5 Å². The summed E-state index contributed by atoms with van der Waals surface area (Å²) in [5.74, 6) is 0.650. The van der Waals surface area contributed by atoms with Crippen molar-refractivity contribution in [3.8, 4) is 0 Å². The summed E-state index contributed by atoms with van der Waals surface area (Å²) < 4.78 is 11.6. The lowest BCUT2D eigenvalue weighted by Gasteiger charge is -2.27. The van der Waals surface area contributed by atoms with Crippen molar-refractivity contribution in [2.45, 2.75) is 78.6 Å². The normalized spacial score (nSPS) is 24.7. The van der Waals surface area contributed by atoms with Crippen LogP contribution in [0.15, 0.2) is 11.6 Å². The molecule has 0 radical (unpaired) electrons. The molecule has 0 aromatic heterocycles. The van der Waals surface area contributed by atoms with Gasteiger partial charge in [0.25, 0.3) is 0 Å². The lowest BCUT2D eigenvalue weighted by atomic mass is 9.90. The van der Waals surface area contributed by atoms with E-state index in [0.29, 0.717) is 12.0 Å². The van der Waals surface area contributed by atoms with Crippen molar-refractivity contribution < 1.29 is 9.47 Å². The third-order valence-electron chi connectivity index (χ3n) is 3.32. The first kappa shape index (κ1) is 15.7. The maximum atomic E-state index is 5.99. The van der Waals surface area contributed by atoms with E-state index in [-0.39, 0.29) is 6.29 Å². The van der Waals surface area contributed by atoms with Gasteiger partial charge in [-0.15, -0.1) is 0 Å². The Balaban J connectivity index is 2.29. The van der Waals surface area contributed by atoms with Gasteiger partial charge >= 0.3 is 0 Å². The first-order chi connectivity index (χ1) is 8.61. The van der Waals surface area contributed by atoms with E-state index in [1.165, 1.54) is 25.7 Å². The van der Waals surface area contributed by atoms with E-state index in [9.17, 15) is 0 Å². The molecule has 0 aliphatic heterocycles. The summed E-state index contributed by atoms with van der Waals surface area (Å²) in [5.41, 5.74) is 1.57. The zero-order valence-electron chi connectivity index (χ0n) is 12.6. The predicted molar refractivity (Wildman–Crippen MR) is 76.6 cm³/mol. The molecule has 0 aromatic rings. The lowest BCUT2D eigenvalue weighted by molar-refractivity contribution is -0.163. The molecule has 0 amide bonds. The fourth-order valence-electron chi connectivity index (χ4n) is 2.50. The number of hydrogen-bond acceptors (Lipinski definition) is 2. The number of rotatable bonds is 7. The maximum absolute atomic E-state index is 5.99. The highest BCUT2D eigenvalue weighted by Gasteiger charge is 2.20. The van der Waals surface area contributed by atoms with Gasteiger partial charge in [-0.25, -0.2) is 0 Å². The minimum atomic E-state index is -0.0556. The minimum absolute atomic E-state index is 0.0556. The number of unbranched alkanes of at least 4 members (excludes halogenated alkanes) is 1. The summed E-state index contributed by atoms with van der Waals surface area (Å²) in [4.78, 5) is 0. The summed E-state index contributed by atoms with van der Waals surface area (Å²) in [5, 5.41) is 0. The molecule has 0 heterocycles. The van der Waals surface area contributed by atoms with Crippen LogP contribution in [0, 0.1) is 5.92 Å². The van der Waals surface area contributed by atoms with E-state index in [0.717, 1.165) is 19.4 Å². The Morgan fingerprint density at radius 1 is 1.33 bits per heavy atom. The summed E-state index contributed by atoms with van der Waals surface area (Å²) in [7, 11) is 0. The van der Waals surface area contributed by atoms with Gasteiger partial charge in [0.15, 0.2) is 6.29 Å². The molecule has 2 heteroatoms. The molecule has 1 fully saturated rings. The Morgan fingerprint density at radius 2 is 2.11 bits per heavy atom. The van der Waals surface area contributed by atoms with Gasteiger partial charge in [0, 0.05) is 6.61 Å². The van der Waals surface area contributed by atoms with Gasteiger partial charge in [0.05, 0.1) is 6.10 Å². The van der Waals surface area contributed by atoms with E-state index in [1.54, 1.807) is 5.57 Å². The third-order valence-corrected chi connectivity index (χ3v) is 3.32. The minimum Gasteiger partial charge on any atom is -0.353 e. The fourth-order valence-corrected chi connectivity index (χ4v) is 2.50. The molecule has 0 spiro atoms. The SMILES string of the molecule is CCCCOC(C)OC1CCC/C(=C/C(C)C)C1. The quantitative estimate of drug-likeness (QED) is 0.373. The highest BCUT2D eigenvalue weighted by atomic mass is 16.7. The molecule has 1 aliphatic carbocycles. The van der Waals surface area contributed by atoms with Crippen molar-refractivity contribution >= 4 is 0 Å². The van der Waals surface area contributed by atoms with Crippen molar-refractivity contribution in [2.24, 2.45) is 5.92 Å². The highest BCUT2D eigenvalue weighted by Crippen LogP contribution is 2.27. The Morgan fingerprint density at radius 3 is 2.78 bits per heavy atom. The first-order valence-electron chi connectivity index (χ1n) is 7.58. The predicted octanol–water partition coefficient (Wildman–Crippen LogP) is 4.69. The Kier molecular flexibility index (Phi) is 7.60. The van der Waals surface area contributed by atoms with Crippen LogP contribution in [0.5, 0.6) is 0 Å². The second kappa shape index (κ2) is 8.71. The molecular weight excluding hydrogens is 224 g/mol. The molecule has 0 N–H and O–H groups in total. The number of hydrogen-bond donors (Lipinski definition) is 0. The summed E-state index contributed by atoms with van der Waals surface area (Å²) in [6, 6.07) is 0. The van der Waals surface area contributed by atoms with Gasteiger partial charge in [-0.2, -0.15) is 0 Å². The largest absolute Gasteiger partial charge is 0.353 e. The Hall–Kier alpha value is -0.340. The second-order valence-electron chi connectivity index (χ2n) is 5.72. The zero-order valence-corrected chi connectivity index (χ0v) is 12.6. The molecule has 2 nitrogen and oxygen atoms in total. The van der Waals surface area contributed by atoms with Crippen LogP contribution in [-0.4, -0.2) is 19.0 Å². The van der Waals surface area contributed by atoms with Crippen LogP contribution in [0.4, 0.5) is 0 Å². The average Bonchev–Trinajstić information content (AvgIpc) is 2.28. The van der Waals surface area contributed by atoms with Crippen molar-refractivity contribution in [2.75, 3.05) is 6.61 Å². The van der Waals surface area contributed by atoms with Crippen LogP contribution in [-0.2, 0) is 9.47 Å². The first-order valence-corrected chi connectivity index (χ1v) is 7.58.